The van der Waals surface area contributed by atoms with Crippen molar-refractivity contribution >= 4 is 17.2 Å². The highest BCUT2D eigenvalue weighted by Gasteiger charge is 2.06. The molecule has 1 N–H and O–H groups in total. The summed E-state index contributed by atoms with van der Waals surface area (Å²) < 4.78 is 1.44. The quantitative estimate of drug-likeness (QED) is 0.704. The molecule has 0 atom stereocenters. The second kappa shape index (κ2) is 10.1. The average Bonchev–Trinajstić information content (AvgIpc) is 3.15. The van der Waals surface area contributed by atoms with Crippen LogP contribution in [0.15, 0.2) is 34.4 Å². The highest BCUT2D eigenvalue weighted by Crippen LogP contribution is 2.21. The zero-order chi connectivity index (χ0) is 18.1. The molecule has 2 aromatic heterocycles. The number of carbonyl (C=O) groups excluding carboxylic acids is 1. The van der Waals surface area contributed by atoms with Gasteiger partial charge in [0.05, 0.1) is 4.88 Å². The van der Waals surface area contributed by atoms with Gasteiger partial charge in [-0.1, -0.05) is 19.9 Å². The second-order valence-electron chi connectivity index (χ2n) is 5.74. The lowest BCUT2D eigenvalue weighted by molar-refractivity contribution is -0.121. The van der Waals surface area contributed by atoms with E-state index in [1.807, 2.05) is 17.5 Å². The van der Waals surface area contributed by atoms with Crippen molar-refractivity contribution in [1.82, 2.24) is 20.0 Å². The maximum atomic E-state index is 11.9. The minimum absolute atomic E-state index is 0.0228. The molecule has 2 heterocycles. The Labute approximate surface area is 152 Å². The largest absolute Gasteiger partial charge is 0.355 e. The lowest BCUT2D eigenvalue weighted by atomic mass is 10.3. The topological polar surface area (TPSA) is 67.2 Å². The Hall–Kier alpha value is -1.99. The fourth-order valence-corrected chi connectivity index (χ4v) is 3.23. The van der Waals surface area contributed by atoms with Crippen LogP contribution in [0.2, 0.25) is 0 Å². The van der Waals surface area contributed by atoms with E-state index in [1.54, 1.807) is 17.4 Å². The van der Waals surface area contributed by atoms with Crippen LogP contribution in [0, 0.1) is 0 Å². The number of hydrogen-bond donors (Lipinski definition) is 1. The molecule has 2 aromatic rings. The van der Waals surface area contributed by atoms with Gasteiger partial charge in [0.1, 0.15) is 5.69 Å². The van der Waals surface area contributed by atoms with Gasteiger partial charge in [0.25, 0.3) is 5.56 Å². The summed E-state index contributed by atoms with van der Waals surface area (Å²) in [6, 6.07) is 7.21. The summed E-state index contributed by atoms with van der Waals surface area (Å²) in [5.41, 5.74) is 0.653. The summed E-state index contributed by atoms with van der Waals surface area (Å²) in [7, 11) is 0. The van der Waals surface area contributed by atoms with Crippen LogP contribution in [-0.2, 0) is 11.3 Å². The van der Waals surface area contributed by atoms with E-state index in [9.17, 15) is 9.59 Å². The minimum Gasteiger partial charge on any atom is -0.355 e. The number of carbonyl (C=O) groups is 1. The van der Waals surface area contributed by atoms with Gasteiger partial charge in [0.2, 0.25) is 5.91 Å². The van der Waals surface area contributed by atoms with Gasteiger partial charge in [-0.15, -0.1) is 11.3 Å². The molecular formula is C18H26N4O2S. The van der Waals surface area contributed by atoms with Crippen molar-refractivity contribution in [1.29, 1.82) is 0 Å². The van der Waals surface area contributed by atoms with Crippen molar-refractivity contribution in [3.63, 3.8) is 0 Å². The van der Waals surface area contributed by atoms with Crippen molar-refractivity contribution in [2.24, 2.45) is 0 Å². The number of hydrogen-bond acceptors (Lipinski definition) is 5. The summed E-state index contributed by atoms with van der Waals surface area (Å²) >= 11 is 1.59. The number of nitrogens with zero attached hydrogens (tertiary/aromatic N) is 3. The van der Waals surface area contributed by atoms with Crippen LogP contribution in [-0.4, -0.2) is 46.8 Å². The number of nitrogens with one attached hydrogen (secondary N) is 1. The highest BCUT2D eigenvalue weighted by molar-refractivity contribution is 7.13. The molecule has 0 aromatic carbocycles. The zero-order valence-electron chi connectivity index (χ0n) is 14.9. The third kappa shape index (κ3) is 6.10. The van der Waals surface area contributed by atoms with E-state index in [-0.39, 0.29) is 11.5 Å². The van der Waals surface area contributed by atoms with E-state index in [0.29, 0.717) is 25.9 Å². The Morgan fingerprint density at radius 2 is 2.08 bits per heavy atom. The maximum absolute atomic E-state index is 11.9. The molecule has 136 valence electrons. The first kappa shape index (κ1) is 19.3. The Morgan fingerprint density at radius 3 is 2.76 bits per heavy atom. The molecule has 0 unspecified atom stereocenters. The van der Waals surface area contributed by atoms with E-state index >= 15 is 0 Å². The first-order valence-electron chi connectivity index (χ1n) is 8.75. The summed E-state index contributed by atoms with van der Waals surface area (Å²) in [5, 5.41) is 9.31. The van der Waals surface area contributed by atoms with Gasteiger partial charge < -0.3 is 10.2 Å². The normalized spacial score (nSPS) is 11.0. The summed E-state index contributed by atoms with van der Waals surface area (Å²) in [4.78, 5) is 27.1. The monoisotopic (exact) mass is 362 g/mol. The van der Waals surface area contributed by atoms with Gasteiger partial charge in [0.15, 0.2) is 0 Å². The summed E-state index contributed by atoms with van der Waals surface area (Å²) in [5.74, 6) is 0.0228. The standard InChI is InChI=1S/C18H26N4O2S/c1-3-21(4-2)13-11-19-17(23)8-5-12-22-18(24)10-9-15(20-22)16-7-6-14-25-16/h6-7,9-10,14H,3-5,8,11-13H2,1-2H3,(H,19,23). The van der Waals surface area contributed by atoms with E-state index in [4.69, 9.17) is 0 Å². The molecule has 0 saturated carbocycles. The zero-order valence-corrected chi connectivity index (χ0v) is 15.7. The molecule has 0 aliphatic rings. The lowest BCUT2D eigenvalue weighted by Crippen LogP contribution is -2.34. The van der Waals surface area contributed by atoms with Gasteiger partial charge >= 0.3 is 0 Å². The third-order valence-electron chi connectivity index (χ3n) is 4.06. The predicted octanol–water partition coefficient (Wildman–Crippen LogP) is 2.21. The fraction of sp³-hybridized carbons (Fsp3) is 0.500. The average molecular weight is 362 g/mol. The highest BCUT2D eigenvalue weighted by atomic mass is 32.1. The smallest absolute Gasteiger partial charge is 0.266 e. The van der Waals surface area contributed by atoms with Crippen LogP contribution in [0.1, 0.15) is 26.7 Å². The van der Waals surface area contributed by atoms with Crippen molar-refractivity contribution < 1.29 is 4.79 Å². The lowest BCUT2D eigenvalue weighted by Gasteiger charge is -2.17. The Morgan fingerprint density at radius 1 is 1.28 bits per heavy atom. The van der Waals surface area contributed by atoms with Gasteiger partial charge in [-0.2, -0.15) is 5.10 Å². The van der Waals surface area contributed by atoms with E-state index in [1.165, 1.54) is 10.7 Å². The first-order valence-corrected chi connectivity index (χ1v) is 9.63. The molecule has 0 spiro atoms. The maximum Gasteiger partial charge on any atom is 0.266 e. The fourth-order valence-electron chi connectivity index (χ4n) is 2.54. The van der Waals surface area contributed by atoms with Gasteiger partial charge in [-0.3, -0.25) is 9.59 Å². The van der Waals surface area contributed by atoms with E-state index < -0.39 is 0 Å². The third-order valence-corrected chi connectivity index (χ3v) is 4.95. The minimum atomic E-state index is -0.137. The molecule has 0 bridgehead atoms. The molecular weight excluding hydrogens is 336 g/mol. The first-order chi connectivity index (χ1) is 12.1. The summed E-state index contributed by atoms with van der Waals surface area (Å²) in [6.07, 6.45) is 0.994. The Balaban J connectivity index is 1.78. The number of thiophene rings is 1. The van der Waals surface area contributed by atoms with Crippen molar-refractivity contribution in [3.8, 4) is 10.6 Å². The van der Waals surface area contributed by atoms with Crippen LogP contribution >= 0.6 is 11.3 Å². The van der Waals surface area contributed by atoms with Crippen LogP contribution in [0.5, 0.6) is 0 Å². The van der Waals surface area contributed by atoms with Crippen molar-refractivity contribution in [3.05, 3.63) is 40.0 Å². The number of aryl methyl sites for hydroxylation is 1. The van der Waals surface area contributed by atoms with Gasteiger partial charge in [-0.05, 0) is 37.0 Å². The molecule has 7 heteroatoms. The second-order valence-corrected chi connectivity index (χ2v) is 6.69. The molecule has 2 rings (SSSR count). The number of amides is 1. The van der Waals surface area contributed by atoms with Crippen LogP contribution in [0.3, 0.4) is 0 Å². The molecule has 0 saturated heterocycles. The summed E-state index contributed by atoms with van der Waals surface area (Å²) in [6.45, 7) is 8.17. The molecule has 6 nitrogen and oxygen atoms in total. The molecule has 1 amide bonds. The van der Waals surface area contributed by atoms with Gasteiger partial charge in [0, 0.05) is 32.1 Å². The van der Waals surface area contributed by atoms with Crippen LogP contribution in [0.4, 0.5) is 0 Å². The van der Waals surface area contributed by atoms with Crippen LogP contribution in [0.25, 0.3) is 10.6 Å². The Bertz CT molecular complexity index is 708. The molecule has 0 fully saturated rings. The molecule has 0 aliphatic heterocycles. The number of aromatic nitrogens is 2. The van der Waals surface area contributed by atoms with E-state index in [0.717, 1.165) is 30.2 Å². The molecule has 0 aliphatic carbocycles. The van der Waals surface area contributed by atoms with Gasteiger partial charge in [-0.25, -0.2) is 4.68 Å². The molecule has 25 heavy (non-hydrogen) atoms. The van der Waals surface area contributed by atoms with E-state index in [2.05, 4.69) is 29.2 Å². The Kier molecular flexibility index (Phi) is 7.81. The van der Waals surface area contributed by atoms with Crippen LogP contribution < -0.4 is 10.9 Å². The van der Waals surface area contributed by atoms with Crippen molar-refractivity contribution in [2.45, 2.75) is 33.2 Å². The van der Waals surface area contributed by atoms with Crippen molar-refractivity contribution in [2.75, 3.05) is 26.2 Å². The predicted molar refractivity (Wildman–Crippen MR) is 102 cm³/mol. The number of likely N-dealkylation sites (N-methyl/N-ethyl adjacent to an activating group) is 1. The SMILES string of the molecule is CCN(CC)CCNC(=O)CCCn1nc(-c2cccs2)ccc1=O. The number of rotatable bonds is 10. The molecule has 0 radical (unpaired) electrons.